The topological polar surface area (TPSA) is 75.7 Å². The second kappa shape index (κ2) is 17.9. The largest absolute Gasteiger partial charge is 0.746 e. The van der Waals surface area contributed by atoms with Gasteiger partial charge in [-0.05, 0) is 32.1 Å². The van der Waals surface area contributed by atoms with Crippen LogP contribution >= 0.6 is 7.82 Å². The molecule has 6 nitrogen and oxygen atoms in total. The zero-order valence-electron chi connectivity index (χ0n) is 19.9. The molecule has 0 aliphatic heterocycles. The second-order valence-electron chi connectivity index (χ2n) is 9.09. The highest BCUT2D eigenvalue weighted by atomic mass is 31.2. The molecule has 0 bridgehead atoms. The summed E-state index contributed by atoms with van der Waals surface area (Å²) in [5, 5.41) is 0. The molecule has 1 unspecified atom stereocenters. The highest BCUT2D eigenvalue weighted by Gasteiger charge is 2.17. The van der Waals surface area contributed by atoms with E-state index in [0.29, 0.717) is 17.4 Å². The maximum atomic E-state index is 11.7. The lowest BCUT2D eigenvalue weighted by molar-refractivity contribution is -0.870. The lowest BCUT2D eigenvalue weighted by Crippen LogP contribution is -2.37. The summed E-state index contributed by atoms with van der Waals surface area (Å²) in [6, 6.07) is 0. The van der Waals surface area contributed by atoms with E-state index in [2.05, 4.69) is 23.6 Å². The molecule has 0 amide bonds. The van der Waals surface area contributed by atoms with E-state index in [-0.39, 0.29) is 13.0 Å². The van der Waals surface area contributed by atoms with E-state index in [1.165, 1.54) is 44.9 Å². The van der Waals surface area contributed by atoms with Crippen LogP contribution < -0.4 is 4.89 Å². The number of carbonyl (C=O) groups excluding carboxylic acids is 1. The van der Waals surface area contributed by atoms with Crippen LogP contribution in [0.4, 0.5) is 0 Å². The summed E-state index contributed by atoms with van der Waals surface area (Å²) in [5.41, 5.74) is 0. The minimum atomic E-state index is -4.54. The van der Waals surface area contributed by atoms with E-state index in [1.807, 2.05) is 21.1 Å². The molecule has 30 heavy (non-hydrogen) atoms. The molecule has 0 heterocycles. The van der Waals surface area contributed by atoms with E-state index in [4.69, 9.17) is 4.52 Å². The third-order valence-electron chi connectivity index (χ3n) is 4.87. The summed E-state index contributed by atoms with van der Waals surface area (Å²) in [6.07, 6.45) is 19.9. The van der Waals surface area contributed by atoms with Crippen molar-refractivity contribution in [1.82, 2.24) is 0 Å². The van der Waals surface area contributed by atoms with Gasteiger partial charge in [0.1, 0.15) is 13.2 Å². The van der Waals surface area contributed by atoms with Crippen molar-refractivity contribution < 1.29 is 27.8 Å². The van der Waals surface area contributed by atoms with E-state index >= 15 is 0 Å². The Kier molecular flexibility index (Phi) is 17.5. The summed E-state index contributed by atoms with van der Waals surface area (Å²) < 4.78 is 21.4. The first kappa shape index (κ1) is 29.3. The van der Waals surface area contributed by atoms with Gasteiger partial charge in [0.05, 0.1) is 21.1 Å². The quantitative estimate of drug-likeness (QED) is 0.103. The number of quaternary nitrogens is 1. The molecule has 0 saturated carbocycles. The smallest absolute Gasteiger partial charge is 0.322 e. The van der Waals surface area contributed by atoms with Gasteiger partial charge in [-0.15, -0.1) is 0 Å². The Morgan fingerprint density at radius 2 is 1.37 bits per heavy atom. The van der Waals surface area contributed by atoms with E-state index in [9.17, 15) is 14.3 Å². The SMILES string of the molecule is CCCCCCCCC=CCCCCCCCC(=O)OP(=O)([O-])OCC[N+](C)(C)C. The molecule has 178 valence electrons. The number of allylic oxidation sites excluding steroid dienone is 2. The number of likely N-dealkylation sites (N-methyl/N-ethyl adjacent to an activating group) is 1. The number of phosphoric acid groups is 1. The number of nitrogens with zero attached hydrogens (tertiary/aromatic N) is 1. The van der Waals surface area contributed by atoms with Crippen LogP contribution in [0.2, 0.25) is 0 Å². The maximum absolute atomic E-state index is 11.7. The Hall–Kier alpha value is -0.680. The summed E-state index contributed by atoms with van der Waals surface area (Å²) >= 11 is 0. The van der Waals surface area contributed by atoms with Gasteiger partial charge in [-0.1, -0.05) is 70.4 Å². The van der Waals surface area contributed by atoms with Crippen LogP contribution in [-0.2, 0) is 18.4 Å². The molecule has 0 radical (unpaired) electrons. The van der Waals surface area contributed by atoms with Gasteiger partial charge in [0.2, 0.25) is 0 Å². The summed E-state index contributed by atoms with van der Waals surface area (Å²) in [7, 11) is 1.24. The molecule has 0 aromatic carbocycles. The highest BCUT2D eigenvalue weighted by Crippen LogP contribution is 2.38. The fourth-order valence-electron chi connectivity index (χ4n) is 2.96. The van der Waals surface area contributed by atoms with E-state index < -0.39 is 13.8 Å². The average molecular weight is 448 g/mol. The second-order valence-corrected chi connectivity index (χ2v) is 10.4. The van der Waals surface area contributed by atoms with Gasteiger partial charge in [0, 0.05) is 6.42 Å². The number of hydrogen-bond acceptors (Lipinski definition) is 5. The Morgan fingerprint density at radius 1 is 0.867 bits per heavy atom. The molecule has 0 rings (SSSR count). The number of unbranched alkanes of at least 4 members (excludes halogenated alkanes) is 11. The van der Waals surface area contributed by atoms with Crippen LogP contribution in [-0.4, -0.2) is 44.7 Å². The summed E-state index contributed by atoms with van der Waals surface area (Å²) in [4.78, 5) is 23.3. The van der Waals surface area contributed by atoms with Crippen molar-refractivity contribution in [2.24, 2.45) is 0 Å². The van der Waals surface area contributed by atoms with E-state index in [1.54, 1.807) is 0 Å². The molecule has 0 aliphatic carbocycles. The maximum Gasteiger partial charge on any atom is 0.322 e. The van der Waals surface area contributed by atoms with Crippen molar-refractivity contribution in [3.05, 3.63) is 12.2 Å². The van der Waals surface area contributed by atoms with Crippen molar-refractivity contribution in [3.8, 4) is 0 Å². The molecule has 0 fully saturated rings. The molecule has 0 saturated heterocycles. The standard InChI is InChI=1S/C23H46NO5P/c1-5-6-7-8-9-10-11-12-13-14-15-16-17-18-19-20-23(25)29-30(26,27)28-22-21-24(2,3)4/h12-13H,5-11,14-22H2,1-4H3. The predicted molar refractivity (Wildman–Crippen MR) is 122 cm³/mol. The van der Waals surface area contributed by atoms with Crippen molar-refractivity contribution in [2.45, 2.75) is 96.8 Å². The van der Waals surface area contributed by atoms with Crippen LogP contribution in [0.15, 0.2) is 12.2 Å². The molecule has 0 aliphatic rings. The fraction of sp³-hybridized carbons (Fsp3) is 0.870. The minimum Gasteiger partial charge on any atom is -0.746 e. The van der Waals surface area contributed by atoms with Gasteiger partial charge in [-0.2, -0.15) is 0 Å². The number of rotatable bonds is 20. The average Bonchev–Trinajstić information content (AvgIpc) is 2.63. The highest BCUT2D eigenvalue weighted by molar-refractivity contribution is 7.46. The van der Waals surface area contributed by atoms with Gasteiger partial charge in [0.25, 0.3) is 0 Å². The minimum absolute atomic E-state index is 0.00492. The first-order valence-corrected chi connectivity index (χ1v) is 13.3. The van der Waals surface area contributed by atoms with Gasteiger partial charge < -0.3 is 18.4 Å². The number of carbonyl (C=O) groups is 1. The van der Waals surface area contributed by atoms with E-state index in [0.717, 1.165) is 32.1 Å². The van der Waals surface area contributed by atoms with Gasteiger partial charge in [-0.25, -0.2) is 0 Å². The first-order chi connectivity index (χ1) is 14.2. The zero-order chi connectivity index (χ0) is 22.7. The van der Waals surface area contributed by atoms with Crippen molar-refractivity contribution in [3.63, 3.8) is 0 Å². The molecule has 0 spiro atoms. The van der Waals surface area contributed by atoms with Gasteiger partial charge in [-0.3, -0.25) is 9.36 Å². The molecule has 0 N–H and O–H groups in total. The molecule has 7 heteroatoms. The lowest BCUT2D eigenvalue weighted by atomic mass is 10.1. The molecule has 1 atom stereocenters. The Labute approximate surface area is 185 Å². The van der Waals surface area contributed by atoms with Crippen LogP contribution in [0.5, 0.6) is 0 Å². The third-order valence-corrected chi connectivity index (χ3v) is 5.79. The third kappa shape index (κ3) is 22.0. The molecule has 0 aromatic rings. The first-order valence-electron chi connectivity index (χ1n) is 11.8. The molecule has 0 aromatic heterocycles. The van der Waals surface area contributed by atoms with Crippen LogP contribution in [0.3, 0.4) is 0 Å². The number of phosphoric ester groups is 1. The van der Waals surface area contributed by atoms with Crippen LogP contribution in [0, 0.1) is 0 Å². The monoisotopic (exact) mass is 447 g/mol. The molecular formula is C23H46NO5P. The Bertz CT molecular complexity index is 502. The van der Waals surface area contributed by atoms with Crippen LogP contribution in [0.25, 0.3) is 0 Å². The summed E-state index contributed by atoms with van der Waals surface area (Å²) in [6.45, 7) is 2.76. The van der Waals surface area contributed by atoms with Crippen molar-refractivity contribution in [1.29, 1.82) is 0 Å². The van der Waals surface area contributed by atoms with Gasteiger partial charge >= 0.3 is 13.8 Å². The van der Waals surface area contributed by atoms with Crippen molar-refractivity contribution in [2.75, 3.05) is 34.3 Å². The lowest BCUT2D eigenvalue weighted by Gasteiger charge is -2.26. The summed E-state index contributed by atoms with van der Waals surface area (Å²) in [5.74, 6) is -0.726. The van der Waals surface area contributed by atoms with Crippen LogP contribution in [0.1, 0.15) is 96.8 Å². The number of hydrogen-bond donors (Lipinski definition) is 0. The zero-order valence-corrected chi connectivity index (χ0v) is 20.8. The fourth-order valence-corrected chi connectivity index (χ4v) is 3.66. The Morgan fingerprint density at radius 3 is 1.90 bits per heavy atom. The Balaban J connectivity index is 3.54. The van der Waals surface area contributed by atoms with Gasteiger partial charge in [0.15, 0.2) is 0 Å². The molecular weight excluding hydrogens is 401 g/mol. The van der Waals surface area contributed by atoms with Crippen molar-refractivity contribution >= 4 is 13.8 Å². The normalized spacial score (nSPS) is 14.2. The predicted octanol–water partition coefficient (Wildman–Crippen LogP) is 5.76.